The molecule has 3 aromatic carbocycles. The van der Waals surface area contributed by atoms with Crippen LogP contribution in [0.3, 0.4) is 0 Å². The summed E-state index contributed by atoms with van der Waals surface area (Å²) in [5.41, 5.74) is 2.90. The van der Waals surface area contributed by atoms with Crippen LogP contribution >= 0.6 is 11.6 Å². The Bertz CT molecular complexity index is 1100. The van der Waals surface area contributed by atoms with E-state index in [-0.39, 0.29) is 24.2 Å². The van der Waals surface area contributed by atoms with Crippen LogP contribution in [0.15, 0.2) is 72.8 Å². The molecule has 0 aliphatic carbocycles. The largest absolute Gasteiger partial charge is 0.324 e. The summed E-state index contributed by atoms with van der Waals surface area (Å²) in [6, 6.07) is 20.2. The van der Waals surface area contributed by atoms with Crippen LogP contribution in [0.5, 0.6) is 0 Å². The van der Waals surface area contributed by atoms with Gasteiger partial charge >= 0.3 is 0 Å². The standard InChI is InChI=1S/C25H22ClFN2O2/c1-2-20(16-6-4-3-5-7-16)25(31)29-15-23(30)28-22-14-18(26)10-13-21(22)24(29)17-8-11-19(27)12-9-17/h3-14,20,24H,2,15H2,1H3,(H,28,30). The van der Waals surface area contributed by atoms with E-state index in [9.17, 15) is 14.0 Å². The van der Waals surface area contributed by atoms with Gasteiger partial charge in [-0.15, -0.1) is 0 Å². The third-order valence-electron chi connectivity index (χ3n) is 5.59. The Morgan fingerprint density at radius 1 is 1.13 bits per heavy atom. The van der Waals surface area contributed by atoms with Crippen molar-refractivity contribution in [2.75, 3.05) is 11.9 Å². The van der Waals surface area contributed by atoms with Crippen molar-refractivity contribution in [3.05, 3.63) is 100 Å². The van der Waals surface area contributed by atoms with Gasteiger partial charge in [-0.05, 0) is 41.8 Å². The number of rotatable bonds is 4. The van der Waals surface area contributed by atoms with Gasteiger partial charge in [0.1, 0.15) is 12.4 Å². The second-order valence-corrected chi connectivity index (χ2v) is 8.01. The highest BCUT2D eigenvalue weighted by Gasteiger charge is 2.36. The first-order valence-electron chi connectivity index (χ1n) is 10.2. The summed E-state index contributed by atoms with van der Waals surface area (Å²) in [7, 11) is 0. The highest BCUT2D eigenvalue weighted by molar-refractivity contribution is 6.31. The van der Waals surface area contributed by atoms with Crippen LogP contribution in [0.2, 0.25) is 5.02 Å². The van der Waals surface area contributed by atoms with Crippen LogP contribution < -0.4 is 5.32 Å². The smallest absolute Gasteiger partial charge is 0.244 e. The molecule has 6 heteroatoms. The Hall–Kier alpha value is -3.18. The van der Waals surface area contributed by atoms with Crippen molar-refractivity contribution in [1.82, 2.24) is 4.90 Å². The molecule has 31 heavy (non-hydrogen) atoms. The van der Waals surface area contributed by atoms with Gasteiger partial charge in [0.2, 0.25) is 11.8 Å². The van der Waals surface area contributed by atoms with Gasteiger partial charge in [-0.1, -0.05) is 67.1 Å². The van der Waals surface area contributed by atoms with Crippen LogP contribution in [0.1, 0.15) is 42.0 Å². The molecule has 158 valence electrons. The molecule has 2 atom stereocenters. The Labute approximate surface area is 185 Å². The zero-order valence-corrected chi connectivity index (χ0v) is 17.8. The third-order valence-corrected chi connectivity index (χ3v) is 5.82. The zero-order valence-electron chi connectivity index (χ0n) is 17.0. The van der Waals surface area contributed by atoms with Crippen molar-refractivity contribution in [2.45, 2.75) is 25.3 Å². The van der Waals surface area contributed by atoms with Gasteiger partial charge in [0.05, 0.1) is 12.0 Å². The van der Waals surface area contributed by atoms with Crippen molar-refractivity contribution >= 4 is 29.1 Å². The summed E-state index contributed by atoms with van der Waals surface area (Å²) in [5.74, 6) is -1.22. The van der Waals surface area contributed by atoms with Gasteiger partial charge < -0.3 is 10.2 Å². The average Bonchev–Trinajstić information content (AvgIpc) is 2.91. The predicted octanol–water partition coefficient (Wildman–Crippen LogP) is 5.54. The van der Waals surface area contributed by atoms with E-state index in [2.05, 4.69) is 5.32 Å². The highest BCUT2D eigenvalue weighted by atomic mass is 35.5. The number of carbonyl (C=O) groups is 2. The minimum absolute atomic E-state index is 0.115. The van der Waals surface area contributed by atoms with Crippen LogP contribution in [0.25, 0.3) is 0 Å². The van der Waals surface area contributed by atoms with E-state index in [1.807, 2.05) is 37.3 Å². The number of fused-ring (bicyclic) bond motifs is 1. The van der Waals surface area contributed by atoms with Crippen LogP contribution in [-0.4, -0.2) is 23.3 Å². The van der Waals surface area contributed by atoms with Crippen LogP contribution in [-0.2, 0) is 9.59 Å². The predicted molar refractivity (Wildman–Crippen MR) is 120 cm³/mol. The lowest BCUT2D eigenvalue weighted by Crippen LogP contribution is -2.41. The lowest BCUT2D eigenvalue weighted by Gasteiger charge is -2.33. The number of nitrogens with zero attached hydrogens (tertiary/aromatic N) is 1. The molecule has 1 aliphatic rings. The van der Waals surface area contributed by atoms with E-state index in [1.165, 1.54) is 12.1 Å². The SMILES string of the molecule is CCC(C(=O)N1CC(=O)Nc2cc(Cl)ccc2C1c1ccc(F)cc1)c1ccccc1. The molecule has 0 fully saturated rings. The van der Waals surface area contributed by atoms with E-state index < -0.39 is 12.0 Å². The number of amides is 2. The number of anilines is 1. The normalized spacial score (nSPS) is 16.8. The molecule has 1 N–H and O–H groups in total. The fourth-order valence-corrected chi connectivity index (χ4v) is 4.30. The number of hydrogen-bond acceptors (Lipinski definition) is 2. The molecule has 2 unspecified atom stereocenters. The van der Waals surface area contributed by atoms with E-state index >= 15 is 0 Å². The lowest BCUT2D eigenvalue weighted by atomic mass is 9.91. The van der Waals surface area contributed by atoms with Gasteiger partial charge in [0, 0.05) is 16.3 Å². The van der Waals surface area contributed by atoms with Crippen LogP contribution in [0.4, 0.5) is 10.1 Å². The number of halogens is 2. The molecule has 0 radical (unpaired) electrons. The van der Waals surface area contributed by atoms with E-state index in [1.54, 1.807) is 35.2 Å². The molecule has 0 saturated carbocycles. The zero-order chi connectivity index (χ0) is 22.0. The topological polar surface area (TPSA) is 49.4 Å². The second-order valence-electron chi connectivity index (χ2n) is 7.57. The van der Waals surface area contributed by atoms with Gasteiger partial charge in [0.25, 0.3) is 0 Å². The summed E-state index contributed by atoms with van der Waals surface area (Å²) < 4.78 is 13.6. The first-order chi connectivity index (χ1) is 15.0. The number of hydrogen-bond donors (Lipinski definition) is 1. The molecule has 0 bridgehead atoms. The number of carbonyl (C=O) groups excluding carboxylic acids is 2. The van der Waals surface area contributed by atoms with Crippen molar-refractivity contribution in [3.63, 3.8) is 0 Å². The fraction of sp³-hybridized carbons (Fsp3) is 0.200. The van der Waals surface area contributed by atoms with Crippen molar-refractivity contribution in [2.24, 2.45) is 0 Å². The fourth-order valence-electron chi connectivity index (χ4n) is 4.13. The number of benzene rings is 3. The summed E-state index contributed by atoms with van der Waals surface area (Å²) in [5, 5.41) is 3.34. The van der Waals surface area contributed by atoms with Gasteiger partial charge in [-0.25, -0.2) is 4.39 Å². The van der Waals surface area contributed by atoms with E-state index in [0.29, 0.717) is 17.1 Å². The van der Waals surface area contributed by atoms with Crippen molar-refractivity contribution in [3.8, 4) is 0 Å². The average molecular weight is 437 g/mol. The molecule has 0 saturated heterocycles. The van der Waals surface area contributed by atoms with Crippen molar-refractivity contribution < 1.29 is 14.0 Å². The Morgan fingerprint density at radius 2 is 1.84 bits per heavy atom. The first-order valence-corrected chi connectivity index (χ1v) is 10.6. The maximum absolute atomic E-state index is 13.8. The van der Waals surface area contributed by atoms with Gasteiger partial charge in [-0.3, -0.25) is 9.59 Å². The number of nitrogens with one attached hydrogen (secondary N) is 1. The van der Waals surface area contributed by atoms with Gasteiger partial charge in [0.15, 0.2) is 0 Å². The third kappa shape index (κ3) is 4.32. The van der Waals surface area contributed by atoms with Gasteiger partial charge in [-0.2, -0.15) is 0 Å². The van der Waals surface area contributed by atoms with E-state index in [4.69, 9.17) is 11.6 Å². The lowest BCUT2D eigenvalue weighted by molar-refractivity contribution is -0.137. The maximum atomic E-state index is 13.8. The second kappa shape index (κ2) is 8.90. The molecule has 1 heterocycles. The molecule has 1 aliphatic heterocycles. The minimum atomic E-state index is -0.558. The first kappa shape index (κ1) is 21.1. The Balaban J connectivity index is 1.85. The molecule has 4 rings (SSSR count). The minimum Gasteiger partial charge on any atom is -0.324 e. The molecule has 0 aromatic heterocycles. The maximum Gasteiger partial charge on any atom is 0.244 e. The molecule has 3 aromatic rings. The molecule has 0 spiro atoms. The molecule has 4 nitrogen and oxygen atoms in total. The molecular formula is C25H22ClFN2O2. The summed E-state index contributed by atoms with van der Waals surface area (Å²) in [6.07, 6.45) is 0.588. The summed E-state index contributed by atoms with van der Waals surface area (Å²) >= 11 is 6.16. The van der Waals surface area contributed by atoms with Crippen LogP contribution in [0, 0.1) is 5.82 Å². The molecular weight excluding hydrogens is 415 g/mol. The summed E-state index contributed by atoms with van der Waals surface area (Å²) in [4.78, 5) is 28.1. The van der Waals surface area contributed by atoms with Crippen molar-refractivity contribution in [1.29, 1.82) is 0 Å². The Kier molecular flexibility index (Phi) is 6.05. The molecule has 2 amide bonds. The van der Waals surface area contributed by atoms with E-state index in [0.717, 1.165) is 16.7 Å². The monoisotopic (exact) mass is 436 g/mol. The summed E-state index contributed by atoms with van der Waals surface area (Å²) in [6.45, 7) is 1.84. The highest BCUT2D eigenvalue weighted by Crippen LogP contribution is 2.39. The Morgan fingerprint density at radius 3 is 2.52 bits per heavy atom. The quantitative estimate of drug-likeness (QED) is 0.583.